The standard InChI is InChI=1S/C22H24N2O4S/c1-14(2)28-19-8-7-15(3)13-17(19)22(10-11-22)21(25)24-29(26,27)20-6-4-5-18-16(20)9-12-23-18/h4-9,12-14,23H,10-11H2,1-3H3,(H,24,25). The number of hydrogen-bond donors (Lipinski definition) is 2. The van der Waals surface area contributed by atoms with Gasteiger partial charge in [-0.15, -0.1) is 0 Å². The Bertz CT molecular complexity index is 1190. The summed E-state index contributed by atoms with van der Waals surface area (Å²) in [6, 6.07) is 12.3. The third-order valence-corrected chi connectivity index (χ3v) is 6.66. The number of fused-ring (bicyclic) bond motifs is 1. The molecule has 3 aromatic rings. The second-order valence-corrected chi connectivity index (χ2v) is 9.53. The first kappa shape index (κ1) is 19.5. The summed E-state index contributed by atoms with van der Waals surface area (Å²) in [5.41, 5.74) is 1.57. The number of ether oxygens (including phenoxy) is 1. The summed E-state index contributed by atoms with van der Waals surface area (Å²) >= 11 is 0. The van der Waals surface area contributed by atoms with Crippen molar-refractivity contribution in [3.8, 4) is 5.75 Å². The Balaban J connectivity index is 1.69. The van der Waals surface area contributed by atoms with Crippen molar-refractivity contribution >= 4 is 26.8 Å². The average Bonchev–Trinajstić information content (AvgIpc) is 3.32. The minimum Gasteiger partial charge on any atom is -0.491 e. The minimum absolute atomic E-state index is 0.0507. The van der Waals surface area contributed by atoms with Crippen LogP contribution in [0.25, 0.3) is 10.9 Å². The Morgan fingerprint density at radius 3 is 2.62 bits per heavy atom. The van der Waals surface area contributed by atoms with Crippen LogP contribution in [0.15, 0.2) is 53.6 Å². The maximum absolute atomic E-state index is 13.2. The van der Waals surface area contributed by atoms with Crippen molar-refractivity contribution in [2.75, 3.05) is 0 Å². The maximum Gasteiger partial charge on any atom is 0.264 e. The molecule has 0 atom stereocenters. The van der Waals surface area contributed by atoms with E-state index in [-0.39, 0.29) is 11.0 Å². The molecule has 0 radical (unpaired) electrons. The van der Waals surface area contributed by atoms with Crippen LogP contribution in [-0.4, -0.2) is 25.4 Å². The molecule has 0 spiro atoms. The molecule has 1 aromatic heterocycles. The molecule has 1 amide bonds. The molecular weight excluding hydrogens is 388 g/mol. The van der Waals surface area contributed by atoms with E-state index in [1.165, 1.54) is 6.07 Å². The molecule has 1 heterocycles. The average molecular weight is 413 g/mol. The summed E-state index contributed by atoms with van der Waals surface area (Å²) in [4.78, 5) is 16.3. The Kier molecular flexibility index (Phi) is 4.65. The van der Waals surface area contributed by atoms with Gasteiger partial charge in [0.15, 0.2) is 0 Å². The fraction of sp³-hybridized carbons (Fsp3) is 0.318. The van der Waals surface area contributed by atoms with Gasteiger partial charge < -0.3 is 9.72 Å². The number of carbonyl (C=O) groups is 1. The van der Waals surface area contributed by atoms with E-state index >= 15 is 0 Å². The Labute approximate surface area is 170 Å². The fourth-order valence-electron chi connectivity index (χ4n) is 3.68. The zero-order chi connectivity index (χ0) is 20.8. The lowest BCUT2D eigenvalue weighted by molar-refractivity contribution is -0.121. The lowest BCUT2D eigenvalue weighted by Gasteiger charge is -2.21. The monoisotopic (exact) mass is 412 g/mol. The van der Waals surface area contributed by atoms with Crippen molar-refractivity contribution in [1.82, 2.24) is 9.71 Å². The summed E-state index contributed by atoms with van der Waals surface area (Å²) in [7, 11) is -4.01. The van der Waals surface area contributed by atoms with Crippen LogP contribution in [0.3, 0.4) is 0 Å². The summed E-state index contributed by atoms with van der Waals surface area (Å²) in [6.45, 7) is 5.79. The molecule has 4 rings (SSSR count). The molecular formula is C22H24N2O4S. The van der Waals surface area contributed by atoms with Crippen molar-refractivity contribution in [3.05, 3.63) is 59.8 Å². The highest BCUT2D eigenvalue weighted by Crippen LogP contribution is 2.52. The van der Waals surface area contributed by atoms with Crippen LogP contribution in [-0.2, 0) is 20.2 Å². The summed E-state index contributed by atoms with van der Waals surface area (Å²) in [6.07, 6.45) is 2.79. The van der Waals surface area contributed by atoms with Gasteiger partial charge in [0.05, 0.1) is 16.4 Å². The smallest absolute Gasteiger partial charge is 0.264 e. The zero-order valence-corrected chi connectivity index (χ0v) is 17.5. The van der Waals surface area contributed by atoms with Crippen LogP contribution >= 0.6 is 0 Å². The third-order valence-electron chi connectivity index (χ3n) is 5.27. The molecule has 1 aliphatic rings. The first-order chi connectivity index (χ1) is 13.7. The van der Waals surface area contributed by atoms with Gasteiger partial charge in [-0.2, -0.15) is 0 Å². The molecule has 1 aliphatic carbocycles. The Hall–Kier alpha value is -2.80. The number of aromatic amines is 1. The molecule has 1 fully saturated rings. The Morgan fingerprint density at radius 2 is 1.93 bits per heavy atom. The molecule has 6 nitrogen and oxygen atoms in total. The van der Waals surface area contributed by atoms with Crippen molar-refractivity contribution in [3.63, 3.8) is 0 Å². The van der Waals surface area contributed by atoms with Crippen LogP contribution in [0, 0.1) is 6.92 Å². The van der Waals surface area contributed by atoms with E-state index in [1.807, 2.05) is 39.0 Å². The first-order valence-corrected chi connectivity index (χ1v) is 11.1. The molecule has 29 heavy (non-hydrogen) atoms. The fourth-order valence-corrected chi connectivity index (χ4v) is 4.96. The van der Waals surface area contributed by atoms with Crippen LogP contribution < -0.4 is 9.46 Å². The molecule has 0 bridgehead atoms. The highest BCUT2D eigenvalue weighted by molar-refractivity contribution is 7.90. The van der Waals surface area contributed by atoms with Gasteiger partial charge in [-0.05, 0) is 57.9 Å². The number of H-pyrrole nitrogens is 1. The van der Waals surface area contributed by atoms with Gasteiger partial charge in [0.2, 0.25) is 5.91 Å². The number of aromatic nitrogens is 1. The van der Waals surface area contributed by atoms with Gasteiger partial charge in [-0.1, -0.05) is 23.8 Å². The van der Waals surface area contributed by atoms with E-state index in [0.29, 0.717) is 29.5 Å². The van der Waals surface area contributed by atoms with Crippen LogP contribution in [0.2, 0.25) is 0 Å². The Morgan fingerprint density at radius 1 is 1.17 bits per heavy atom. The molecule has 152 valence electrons. The molecule has 1 saturated carbocycles. The topological polar surface area (TPSA) is 88.3 Å². The maximum atomic E-state index is 13.2. The van der Waals surface area contributed by atoms with E-state index in [9.17, 15) is 13.2 Å². The second-order valence-electron chi connectivity index (χ2n) is 7.88. The number of carbonyl (C=O) groups excluding carboxylic acids is 1. The lowest BCUT2D eigenvalue weighted by Crippen LogP contribution is -2.39. The van der Waals surface area contributed by atoms with Gasteiger partial charge >= 0.3 is 0 Å². The molecule has 0 saturated heterocycles. The highest BCUT2D eigenvalue weighted by atomic mass is 32.2. The number of sulfonamides is 1. The molecule has 2 aromatic carbocycles. The van der Waals surface area contributed by atoms with E-state index in [2.05, 4.69) is 9.71 Å². The number of rotatable bonds is 6. The van der Waals surface area contributed by atoms with Crippen molar-refractivity contribution in [2.24, 2.45) is 0 Å². The number of aryl methyl sites for hydroxylation is 1. The summed E-state index contributed by atoms with van der Waals surface area (Å²) in [5, 5.41) is 0.553. The number of amides is 1. The zero-order valence-electron chi connectivity index (χ0n) is 16.7. The van der Waals surface area contributed by atoms with Gasteiger partial charge in [-0.3, -0.25) is 4.79 Å². The van der Waals surface area contributed by atoms with E-state index < -0.39 is 21.3 Å². The van der Waals surface area contributed by atoms with Gasteiger partial charge in [0.25, 0.3) is 10.0 Å². The second kappa shape index (κ2) is 6.91. The predicted molar refractivity (Wildman–Crippen MR) is 111 cm³/mol. The normalized spacial score (nSPS) is 15.4. The third kappa shape index (κ3) is 3.51. The summed E-state index contributed by atoms with van der Waals surface area (Å²) < 4.78 is 34.3. The largest absolute Gasteiger partial charge is 0.491 e. The van der Waals surface area contributed by atoms with Crippen LogP contribution in [0.5, 0.6) is 5.75 Å². The quantitative estimate of drug-likeness (QED) is 0.645. The van der Waals surface area contributed by atoms with Crippen molar-refractivity contribution in [1.29, 1.82) is 0 Å². The minimum atomic E-state index is -4.01. The van der Waals surface area contributed by atoms with Crippen molar-refractivity contribution in [2.45, 2.75) is 50.0 Å². The molecule has 7 heteroatoms. The van der Waals surface area contributed by atoms with Crippen molar-refractivity contribution < 1.29 is 17.9 Å². The van der Waals surface area contributed by atoms with E-state index in [0.717, 1.165) is 11.1 Å². The van der Waals surface area contributed by atoms with E-state index in [1.54, 1.807) is 24.4 Å². The predicted octanol–water partition coefficient (Wildman–Crippen LogP) is 3.80. The molecule has 0 unspecified atom stereocenters. The van der Waals surface area contributed by atoms with E-state index in [4.69, 9.17) is 4.74 Å². The van der Waals surface area contributed by atoms with Gasteiger partial charge in [-0.25, -0.2) is 13.1 Å². The SMILES string of the molecule is Cc1ccc(OC(C)C)c(C2(C(=O)NS(=O)(=O)c3cccc4[nH]ccc34)CC2)c1. The number of nitrogens with one attached hydrogen (secondary N) is 2. The highest BCUT2D eigenvalue weighted by Gasteiger charge is 2.54. The number of benzene rings is 2. The van der Waals surface area contributed by atoms with Gasteiger partial charge in [0, 0.05) is 22.7 Å². The van der Waals surface area contributed by atoms with Crippen LogP contribution in [0.4, 0.5) is 0 Å². The number of hydrogen-bond acceptors (Lipinski definition) is 4. The molecule has 2 N–H and O–H groups in total. The van der Waals surface area contributed by atoms with Gasteiger partial charge in [0.1, 0.15) is 5.75 Å². The summed E-state index contributed by atoms with van der Waals surface area (Å²) in [5.74, 6) is 0.118. The molecule has 0 aliphatic heterocycles. The first-order valence-electron chi connectivity index (χ1n) is 9.64. The lowest BCUT2D eigenvalue weighted by atomic mass is 9.93. The van der Waals surface area contributed by atoms with Crippen LogP contribution in [0.1, 0.15) is 37.8 Å².